The number of aryl methyl sites for hydroxylation is 2. The van der Waals surface area contributed by atoms with Gasteiger partial charge >= 0.3 is 0 Å². The van der Waals surface area contributed by atoms with Gasteiger partial charge in [-0.05, 0) is 25.5 Å². The van der Waals surface area contributed by atoms with E-state index in [0.717, 1.165) is 24.5 Å². The van der Waals surface area contributed by atoms with Crippen molar-refractivity contribution in [3.05, 3.63) is 58.5 Å². The minimum atomic E-state index is 0.289. The molecule has 2 aromatic rings. The van der Waals surface area contributed by atoms with E-state index in [4.69, 9.17) is 4.42 Å². The summed E-state index contributed by atoms with van der Waals surface area (Å²) in [6.45, 7) is 5.12. The monoisotopic (exact) mass is 227 g/mol. The number of hydrogen-bond donors (Lipinski definition) is 1. The maximum atomic E-state index is 5.74. The Morgan fingerprint density at radius 3 is 2.71 bits per heavy atom. The van der Waals surface area contributed by atoms with Crippen molar-refractivity contribution >= 4 is 0 Å². The first kappa shape index (κ1) is 10.6. The molecule has 1 atom stereocenters. The minimum absolute atomic E-state index is 0.289. The van der Waals surface area contributed by atoms with E-state index in [-0.39, 0.29) is 6.04 Å². The SMILES string of the molecule is Cc1ccc(C2NCCc3oc(C)cc32)cc1. The summed E-state index contributed by atoms with van der Waals surface area (Å²) in [4.78, 5) is 0. The average molecular weight is 227 g/mol. The maximum absolute atomic E-state index is 5.74. The molecule has 0 bridgehead atoms. The van der Waals surface area contributed by atoms with E-state index < -0.39 is 0 Å². The molecular formula is C15H17NO. The Labute approximate surface area is 102 Å². The molecule has 0 saturated carbocycles. The molecule has 17 heavy (non-hydrogen) atoms. The Morgan fingerprint density at radius 2 is 1.94 bits per heavy atom. The van der Waals surface area contributed by atoms with Crippen LogP contribution in [0.25, 0.3) is 0 Å². The Kier molecular flexibility index (Phi) is 2.52. The van der Waals surface area contributed by atoms with Crippen LogP contribution in [0.5, 0.6) is 0 Å². The molecule has 0 fully saturated rings. The van der Waals surface area contributed by atoms with E-state index in [1.165, 1.54) is 16.7 Å². The van der Waals surface area contributed by atoms with Gasteiger partial charge in [-0.2, -0.15) is 0 Å². The lowest BCUT2D eigenvalue weighted by Crippen LogP contribution is -2.29. The second-order valence-corrected chi connectivity index (χ2v) is 4.78. The Balaban J connectivity index is 2.02. The van der Waals surface area contributed by atoms with E-state index in [2.05, 4.69) is 42.6 Å². The van der Waals surface area contributed by atoms with Crippen LogP contribution in [0.4, 0.5) is 0 Å². The van der Waals surface area contributed by atoms with Gasteiger partial charge in [-0.15, -0.1) is 0 Å². The van der Waals surface area contributed by atoms with Crippen LogP contribution in [0.1, 0.15) is 34.3 Å². The molecule has 1 aliphatic rings. The lowest BCUT2D eigenvalue weighted by molar-refractivity contribution is 0.441. The van der Waals surface area contributed by atoms with E-state index >= 15 is 0 Å². The lowest BCUT2D eigenvalue weighted by Gasteiger charge is -2.23. The fraction of sp³-hybridized carbons (Fsp3) is 0.333. The van der Waals surface area contributed by atoms with Crippen LogP contribution < -0.4 is 5.32 Å². The zero-order valence-corrected chi connectivity index (χ0v) is 10.3. The summed E-state index contributed by atoms with van der Waals surface area (Å²) < 4.78 is 5.74. The molecule has 88 valence electrons. The van der Waals surface area contributed by atoms with Gasteiger partial charge in [0.05, 0.1) is 6.04 Å². The molecular weight excluding hydrogens is 210 g/mol. The molecule has 2 heterocycles. The van der Waals surface area contributed by atoms with E-state index in [0.29, 0.717) is 0 Å². The van der Waals surface area contributed by atoms with Crippen LogP contribution in [0, 0.1) is 13.8 Å². The second-order valence-electron chi connectivity index (χ2n) is 4.78. The minimum Gasteiger partial charge on any atom is -0.466 e. The van der Waals surface area contributed by atoms with Crippen molar-refractivity contribution < 1.29 is 4.42 Å². The topological polar surface area (TPSA) is 25.2 Å². The third-order valence-corrected chi connectivity index (χ3v) is 3.39. The van der Waals surface area contributed by atoms with Gasteiger partial charge in [0.25, 0.3) is 0 Å². The van der Waals surface area contributed by atoms with Crippen LogP contribution in [0.2, 0.25) is 0 Å². The molecule has 1 aromatic carbocycles. The van der Waals surface area contributed by atoms with E-state index in [1.54, 1.807) is 0 Å². The molecule has 1 unspecified atom stereocenters. The summed E-state index contributed by atoms with van der Waals surface area (Å²) >= 11 is 0. The highest BCUT2D eigenvalue weighted by Gasteiger charge is 2.24. The number of benzene rings is 1. The van der Waals surface area contributed by atoms with Crippen LogP contribution in [0.3, 0.4) is 0 Å². The first-order valence-electron chi connectivity index (χ1n) is 6.13. The quantitative estimate of drug-likeness (QED) is 0.809. The van der Waals surface area contributed by atoms with Gasteiger partial charge in [0, 0.05) is 18.5 Å². The van der Waals surface area contributed by atoms with E-state index in [1.807, 2.05) is 6.92 Å². The lowest BCUT2D eigenvalue weighted by atomic mass is 9.94. The highest BCUT2D eigenvalue weighted by Crippen LogP contribution is 2.30. The summed E-state index contributed by atoms with van der Waals surface area (Å²) in [7, 11) is 0. The standard InChI is InChI=1S/C15H17NO/c1-10-3-5-12(6-4-10)15-13-9-11(2)17-14(13)7-8-16-15/h3-6,9,15-16H,7-8H2,1-2H3. The van der Waals surface area contributed by atoms with Crippen molar-refractivity contribution in [1.29, 1.82) is 0 Å². The Morgan fingerprint density at radius 1 is 1.18 bits per heavy atom. The highest BCUT2D eigenvalue weighted by molar-refractivity contribution is 5.37. The molecule has 0 spiro atoms. The number of hydrogen-bond acceptors (Lipinski definition) is 2. The Bertz CT molecular complexity index is 524. The molecule has 0 radical (unpaired) electrons. The van der Waals surface area contributed by atoms with Crippen molar-refractivity contribution in [1.82, 2.24) is 5.32 Å². The second kappa shape index (κ2) is 4.04. The first-order valence-corrected chi connectivity index (χ1v) is 6.13. The molecule has 2 nitrogen and oxygen atoms in total. The van der Waals surface area contributed by atoms with Crippen LogP contribution >= 0.6 is 0 Å². The van der Waals surface area contributed by atoms with Gasteiger partial charge in [-0.3, -0.25) is 0 Å². The predicted molar refractivity (Wildman–Crippen MR) is 68.2 cm³/mol. The molecule has 1 aromatic heterocycles. The number of nitrogens with one attached hydrogen (secondary N) is 1. The van der Waals surface area contributed by atoms with Crippen molar-refractivity contribution in [2.24, 2.45) is 0 Å². The largest absolute Gasteiger partial charge is 0.466 e. The van der Waals surface area contributed by atoms with Crippen molar-refractivity contribution in [3.63, 3.8) is 0 Å². The first-order chi connectivity index (χ1) is 8.24. The molecule has 3 rings (SSSR count). The fourth-order valence-electron chi connectivity index (χ4n) is 2.52. The van der Waals surface area contributed by atoms with Gasteiger partial charge < -0.3 is 9.73 Å². The summed E-state index contributed by atoms with van der Waals surface area (Å²) in [6.07, 6.45) is 0.992. The molecule has 2 heteroatoms. The number of fused-ring (bicyclic) bond motifs is 1. The van der Waals surface area contributed by atoms with Crippen molar-refractivity contribution in [2.45, 2.75) is 26.3 Å². The zero-order valence-electron chi connectivity index (χ0n) is 10.3. The van der Waals surface area contributed by atoms with Crippen LogP contribution in [-0.2, 0) is 6.42 Å². The molecule has 0 saturated heterocycles. The van der Waals surface area contributed by atoms with Crippen LogP contribution in [-0.4, -0.2) is 6.54 Å². The maximum Gasteiger partial charge on any atom is 0.110 e. The zero-order chi connectivity index (χ0) is 11.8. The van der Waals surface area contributed by atoms with Gasteiger partial charge in [0.1, 0.15) is 11.5 Å². The average Bonchev–Trinajstić information content (AvgIpc) is 2.70. The normalized spacial score (nSPS) is 19.1. The summed E-state index contributed by atoms with van der Waals surface area (Å²) in [6, 6.07) is 11.2. The third-order valence-electron chi connectivity index (χ3n) is 3.39. The van der Waals surface area contributed by atoms with Crippen LogP contribution in [0.15, 0.2) is 34.7 Å². The molecule has 0 aliphatic carbocycles. The number of rotatable bonds is 1. The van der Waals surface area contributed by atoms with Gasteiger partial charge in [0.2, 0.25) is 0 Å². The van der Waals surface area contributed by atoms with Gasteiger partial charge in [-0.1, -0.05) is 29.8 Å². The predicted octanol–water partition coefficient (Wildman–Crippen LogP) is 3.13. The summed E-state index contributed by atoms with van der Waals surface area (Å²) in [5, 5.41) is 3.56. The fourth-order valence-corrected chi connectivity index (χ4v) is 2.52. The van der Waals surface area contributed by atoms with Crippen molar-refractivity contribution in [2.75, 3.05) is 6.54 Å². The summed E-state index contributed by atoms with van der Waals surface area (Å²) in [5.41, 5.74) is 3.92. The number of furan rings is 1. The molecule has 0 amide bonds. The molecule has 1 aliphatic heterocycles. The molecule has 1 N–H and O–H groups in total. The van der Waals surface area contributed by atoms with Gasteiger partial charge in [-0.25, -0.2) is 0 Å². The summed E-state index contributed by atoms with van der Waals surface area (Å²) in [5.74, 6) is 2.16. The third kappa shape index (κ3) is 1.89. The van der Waals surface area contributed by atoms with E-state index in [9.17, 15) is 0 Å². The Hall–Kier alpha value is -1.54. The van der Waals surface area contributed by atoms with Crippen molar-refractivity contribution in [3.8, 4) is 0 Å². The highest BCUT2D eigenvalue weighted by atomic mass is 16.3. The van der Waals surface area contributed by atoms with Gasteiger partial charge in [0.15, 0.2) is 0 Å². The smallest absolute Gasteiger partial charge is 0.110 e.